The maximum absolute atomic E-state index is 12.7. The number of methoxy groups -OCH3 is 1. The number of fused-ring (bicyclic) bond motifs is 1. The number of non-ortho nitro benzene ring substituents is 1. The van der Waals surface area contributed by atoms with Gasteiger partial charge in [-0.15, -0.1) is 0 Å². The van der Waals surface area contributed by atoms with Crippen molar-refractivity contribution in [2.24, 2.45) is 5.92 Å². The number of nitro benzene ring substituents is 1. The molecule has 200 valence electrons. The zero-order chi connectivity index (χ0) is 26.9. The van der Waals surface area contributed by atoms with E-state index in [1.807, 2.05) is 53.6 Å². The monoisotopic (exact) mass is 525 g/mol. The van der Waals surface area contributed by atoms with Crippen LogP contribution < -0.4 is 4.74 Å². The quantitative estimate of drug-likeness (QED) is 0.248. The molecule has 2 aromatic heterocycles. The van der Waals surface area contributed by atoms with Gasteiger partial charge in [-0.2, -0.15) is 0 Å². The summed E-state index contributed by atoms with van der Waals surface area (Å²) in [4.78, 5) is 33.1. The maximum Gasteiger partial charge on any atom is 0.270 e. The smallest absolute Gasteiger partial charge is 0.270 e. The second-order valence-electron chi connectivity index (χ2n) is 10.3. The number of hydrogen-bond donors (Lipinski definition) is 0. The minimum atomic E-state index is -0.373. The van der Waals surface area contributed by atoms with Crippen molar-refractivity contribution in [2.45, 2.75) is 25.8 Å². The highest BCUT2D eigenvalue weighted by Gasteiger charge is 2.31. The summed E-state index contributed by atoms with van der Waals surface area (Å²) in [5, 5.41) is 11.4. The van der Waals surface area contributed by atoms with Crippen LogP contribution in [0, 0.1) is 16.0 Å². The third-order valence-corrected chi connectivity index (χ3v) is 7.98. The van der Waals surface area contributed by atoms with E-state index in [1.54, 1.807) is 19.2 Å². The van der Waals surface area contributed by atoms with E-state index in [2.05, 4.69) is 9.30 Å². The maximum atomic E-state index is 12.7. The molecule has 9 nitrogen and oxygen atoms in total. The Kier molecular flexibility index (Phi) is 6.74. The normalized spacial score (nSPS) is 16.3. The van der Waals surface area contributed by atoms with Crippen molar-refractivity contribution in [2.75, 3.05) is 33.3 Å². The van der Waals surface area contributed by atoms with Gasteiger partial charge in [0.15, 0.2) is 0 Å². The number of imidazole rings is 1. The van der Waals surface area contributed by atoms with Crippen LogP contribution in [-0.2, 0) is 11.3 Å². The molecule has 0 atom stereocenters. The second-order valence-corrected chi connectivity index (χ2v) is 10.3. The molecule has 39 heavy (non-hydrogen) atoms. The number of hydrogen-bond acceptors (Lipinski definition) is 6. The van der Waals surface area contributed by atoms with E-state index < -0.39 is 0 Å². The van der Waals surface area contributed by atoms with Gasteiger partial charge in [0, 0.05) is 62.5 Å². The van der Waals surface area contributed by atoms with Gasteiger partial charge in [-0.25, -0.2) is 4.98 Å². The molecule has 9 heteroatoms. The SMILES string of the molecule is COc1ccc(-c2nc3ccc(-c4cccc([N+](=O)[O-])c4)cn3c2CN2CCN(C(=O)C3CCC3)CC2)cc1. The van der Waals surface area contributed by atoms with Gasteiger partial charge < -0.3 is 14.0 Å². The van der Waals surface area contributed by atoms with Crippen LogP contribution in [0.3, 0.4) is 0 Å². The van der Waals surface area contributed by atoms with Gasteiger partial charge in [0.1, 0.15) is 11.4 Å². The highest BCUT2D eigenvalue weighted by Crippen LogP contribution is 2.32. The zero-order valence-electron chi connectivity index (χ0n) is 22.0. The van der Waals surface area contributed by atoms with Crippen LogP contribution in [0.2, 0.25) is 0 Å². The average Bonchev–Trinajstić information content (AvgIpc) is 3.30. The number of benzene rings is 2. The molecule has 1 saturated carbocycles. The number of pyridine rings is 1. The van der Waals surface area contributed by atoms with E-state index in [9.17, 15) is 14.9 Å². The lowest BCUT2D eigenvalue weighted by Gasteiger charge is -2.38. The molecule has 0 unspecified atom stereocenters. The Hall–Kier alpha value is -4.24. The van der Waals surface area contributed by atoms with E-state index in [-0.39, 0.29) is 16.5 Å². The van der Waals surface area contributed by atoms with Gasteiger partial charge >= 0.3 is 0 Å². The van der Waals surface area contributed by atoms with E-state index in [0.717, 1.165) is 84.9 Å². The molecule has 0 bridgehead atoms. The fraction of sp³-hybridized carbons (Fsp3) is 0.333. The highest BCUT2D eigenvalue weighted by molar-refractivity contribution is 5.79. The van der Waals surface area contributed by atoms with Gasteiger partial charge in [-0.1, -0.05) is 18.6 Å². The minimum absolute atomic E-state index is 0.0618. The molecule has 2 aromatic carbocycles. The van der Waals surface area contributed by atoms with E-state index in [4.69, 9.17) is 9.72 Å². The first kappa shape index (κ1) is 25.1. The van der Waals surface area contributed by atoms with E-state index >= 15 is 0 Å². The number of ether oxygens (including phenoxy) is 1. The van der Waals surface area contributed by atoms with E-state index in [1.165, 1.54) is 6.07 Å². The molecule has 3 heterocycles. The third kappa shape index (κ3) is 4.97. The van der Waals surface area contributed by atoms with Crippen LogP contribution in [0.25, 0.3) is 28.0 Å². The minimum Gasteiger partial charge on any atom is -0.497 e. The predicted octanol–water partition coefficient (Wildman–Crippen LogP) is 5.03. The van der Waals surface area contributed by atoms with Gasteiger partial charge in [-0.3, -0.25) is 19.8 Å². The van der Waals surface area contributed by atoms with Crippen LogP contribution >= 0.6 is 0 Å². The Morgan fingerprint density at radius 2 is 1.74 bits per heavy atom. The van der Waals surface area contributed by atoms with Crippen LogP contribution in [0.4, 0.5) is 5.69 Å². The van der Waals surface area contributed by atoms with E-state index in [0.29, 0.717) is 12.5 Å². The molecule has 0 radical (unpaired) electrons. The van der Waals surface area contributed by atoms with Crippen molar-refractivity contribution >= 4 is 17.2 Å². The van der Waals surface area contributed by atoms with Crippen LogP contribution in [0.15, 0.2) is 66.9 Å². The molecule has 1 saturated heterocycles. The summed E-state index contributed by atoms with van der Waals surface area (Å²) in [6.45, 7) is 3.76. The Morgan fingerprint density at radius 3 is 2.41 bits per heavy atom. The second kappa shape index (κ2) is 10.5. The fourth-order valence-electron chi connectivity index (χ4n) is 5.45. The molecule has 2 aliphatic rings. The number of aromatic nitrogens is 2. The van der Waals surface area contributed by atoms with Crippen molar-refractivity contribution in [3.8, 4) is 28.1 Å². The fourth-order valence-corrected chi connectivity index (χ4v) is 5.45. The predicted molar refractivity (Wildman–Crippen MR) is 148 cm³/mol. The van der Waals surface area contributed by atoms with Crippen LogP contribution in [0.5, 0.6) is 5.75 Å². The summed E-state index contributed by atoms with van der Waals surface area (Å²) in [7, 11) is 1.65. The van der Waals surface area contributed by atoms with Gasteiger partial charge in [0.25, 0.3) is 5.69 Å². The molecule has 4 aromatic rings. The Balaban J connectivity index is 1.34. The van der Waals surface area contributed by atoms with Crippen molar-refractivity contribution in [1.82, 2.24) is 19.2 Å². The lowest BCUT2D eigenvalue weighted by molar-refractivity contribution is -0.384. The van der Waals surface area contributed by atoms with Crippen molar-refractivity contribution < 1.29 is 14.5 Å². The largest absolute Gasteiger partial charge is 0.497 e. The lowest BCUT2D eigenvalue weighted by Crippen LogP contribution is -2.50. The number of carbonyl (C=O) groups excluding carboxylic acids is 1. The van der Waals surface area contributed by atoms with Gasteiger partial charge in [0.2, 0.25) is 5.91 Å². The number of carbonyl (C=O) groups is 1. The molecule has 2 fully saturated rings. The van der Waals surface area contributed by atoms with Gasteiger partial charge in [-0.05, 0) is 60.4 Å². The van der Waals surface area contributed by atoms with Crippen molar-refractivity contribution in [1.29, 1.82) is 0 Å². The van der Waals surface area contributed by atoms with Crippen molar-refractivity contribution in [3.63, 3.8) is 0 Å². The number of nitrogens with zero attached hydrogens (tertiary/aromatic N) is 5. The third-order valence-electron chi connectivity index (χ3n) is 7.98. The van der Waals surface area contributed by atoms with Crippen molar-refractivity contribution in [3.05, 3.63) is 82.7 Å². The summed E-state index contributed by atoms with van der Waals surface area (Å²) in [5.74, 6) is 1.32. The van der Waals surface area contributed by atoms with Crippen LogP contribution in [-0.4, -0.2) is 63.3 Å². The highest BCUT2D eigenvalue weighted by atomic mass is 16.6. The molecular weight excluding hydrogens is 494 g/mol. The van der Waals surface area contributed by atoms with Crippen LogP contribution in [0.1, 0.15) is 25.0 Å². The topological polar surface area (TPSA) is 93.2 Å². The Labute approximate surface area is 226 Å². The summed E-state index contributed by atoms with van der Waals surface area (Å²) in [6.07, 6.45) is 5.23. The number of piperazine rings is 1. The number of nitro groups is 1. The Morgan fingerprint density at radius 1 is 1.00 bits per heavy atom. The first-order valence-electron chi connectivity index (χ1n) is 13.4. The van der Waals surface area contributed by atoms with Gasteiger partial charge in [0.05, 0.1) is 23.4 Å². The standard InChI is InChI=1S/C30H31N5O4/c1-39-26-11-8-21(9-12-26)29-27(20-32-14-16-33(17-15-32)30(36)22-4-2-5-22)34-19-24(10-13-28(34)31-29)23-6-3-7-25(18-23)35(37)38/h3,6-13,18-19,22H,2,4-5,14-17,20H2,1H3. The summed E-state index contributed by atoms with van der Waals surface area (Å²) in [6, 6.07) is 18.5. The molecular formula is C30H31N5O4. The molecule has 6 rings (SSSR count). The molecule has 1 amide bonds. The first-order valence-corrected chi connectivity index (χ1v) is 13.4. The number of rotatable bonds is 7. The molecule has 1 aliphatic heterocycles. The average molecular weight is 526 g/mol. The Bertz CT molecular complexity index is 1520. The number of amides is 1. The summed E-state index contributed by atoms with van der Waals surface area (Å²) < 4.78 is 7.45. The zero-order valence-corrected chi connectivity index (χ0v) is 22.0. The molecule has 0 spiro atoms. The summed E-state index contributed by atoms with van der Waals surface area (Å²) in [5.41, 5.74) is 5.45. The molecule has 1 aliphatic carbocycles. The lowest BCUT2D eigenvalue weighted by atomic mass is 9.84. The first-order chi connectivity index (χ1) is 19.0. The summed E-state index contributed by atoms with van der Waals surface area (Å²) >= 11 is 0. The molecule has 0 N–H and O–H groups in total.